The number of rotatable bonds is 6. The minimum Gasteiger partial charge on any atom is -0.368 e. The molecule has 19 heavy (non-hydrogen) atoms. The molecule has 2 amide bonds. The number of ketones is 1. The molecule has 0 aromatic heterocycles. The predicted octanol–water partition coefficient (Wildman–Crippen LogP) is -0.532. The highest BCUT2D eigenvalue weighted by atomic mass is 16.2. The summed E-state index contributed by atoms with van der Waals surface area (Å²) in [5.41, 5.74) is 4.43. The van der Waals surface area contributed by atoms with Crippen LogP contribution in [0.5, 0.6) is 0 Å². The molecule has 4 N–H and O–H groups in total. The van der Waals surface area contributed by atoms with Crippen molar-refractivity contribution in [3.8, 4) is 0 Å². The fourth-order valence-corrected chi connectivity index (χ4v) is 2.85. The van der Waals surface area contributed by atoms with Gasteiger partial charge in [0.15, 0.2) is 0 Å². The van der Waals surface area contributed by atoms with Crippen LogP contribution in [0.1, 0.15) is 39.0 Å². The predicted molar refractivity (Wildman–Crippen MR) is 69.1 cm³/mol. The second-order valence-corrected chi connectivity index (χ2v) is 5.44. The molecule has 0 aromatic rings. The molecule has 6 heteroatoms. The topological polar surface area (TPSA) is 101 Å². The molecule has 2 aliphatic rings. The lowest BCUT2D eigenvalue weighted by atomic mass is 9.77. The highest BCUT2D eigenvalue weighted by Crippen LogP contribution is 2.31. The van der Waals surface area contributed by atoms with E-state index in [0.717, 1.165) is 19.3 Å². The molecule has 1 unspecified atom stereocenters. The van der Waals surface area contributed by atoms with Crippen LogP contribution in [-0.2, 0) is 14.4 Å². The first-order chi connectivity index (χ1) is 9.01. The van der Waals surface area contributed by atoms with Crippen LogP contribution in [0.2, 0.25) is 0 Å². The summed E-state index contributed by atoms with van der Waals surface area (Å²) in [4.78, 5) is 35.9. The van der Waals surface area contributed by atoms with Gasteiger partial charge in [-0.25, -0.2) is 0 Å². The highest BCUT2D eigenvalue weighted by Gasteiger charge is 2.50. The molecule has 0 bridgehead atoms. The summed E-state index contributed by atoms with van der Waals surface area (Å²) in [7, 11) is 0. The molecule has 1 heterocycles. The Morgan fingerprint density at radius 1 is 1.42 bits per heavy atom. The van der Waals surface area contributed by atoms with Crippen molar-refractivity contribution in [3.63, 3.8) is 0 Å². The van der Waals surface area contributed by atoms with E-state index in [1.807, 2.05) is 0 Å². The van der Waals surface area contributed by atoms with E-state index in [0.29, 0.717) is 19.4 Å². The molecule has 0 spiro atoms. The molecule has 106 valence electrons. The standard InChI is InChI=1S/C13H21N3O3/c1-2-9(10(17)11(18)16-8-4-5-8)13(12(14)19)6-3-7-15-13/h8-9,15H,2-7H2,1H3,(H2,14,19)(H,16,18)/t9-,13?/m1/s1. The Morgan fingerprint density at radius 3 is 2.53 bits per heavy atom. The van der Waals surface area contributed by atoms with Gasteiger partial charge in [-0.05, 0) is 38.6 Å². The highest BCUT2D eigenvalue weighted by molar-refractivity contribution is 6.37. The smallest absolute Gasteiger partial charge is 0.287 e. The summed E-state index contributed by atoms with van der Waals surface area (Å²) in [6, 6.07) is 0.134. The third-order valence-electron chi connectivity index (χ3n) is 4.08. The number of hydrogen-bond donors (Lipinski definition) is 3. The Hall–Kier alpha value is -1.43. The van der Waals surface area contributed by atoms with Crippen molar-refractivity contribution in [3.05, 3.63) is 0 Å². The number of primary amides is 1. The fourth-order valence-electron chi connectivity index (χ4n) is 2.85. The van der Waals surface area contributed by atoms with Crippen LogP contribution in [0.3, 0.4) is 0 Å². The Balaban J connectivity index is 2.14. The largest absolute Gasteiger partial charge is 0.368 e. The van der Waals surface area contributed by atoms with Crippen LogP contribution in [0.15, 0.2) is 0 Å². The van der Waals surface area contributed by atoms with Crippen LogP contribution in [0, 0.1) is 5.92 Å². The third-order valence-corrected chi connectivity index (χ3v) is 4.08. The third kappa shape index (κ3) is 2.63. The lowest BCUT2D eigenvalue weighted by molar-refractivity contribution is -0.144. The molecular weight excluding hydrogens is 246 g/mol. The zero-order chi connectivity index (χ0) is 14.0. The number of nitrogens with one attached hydrogen (secondary N) is 2. The van der Waals surface area contributed by atoms with E-state index >= 15 is 0 Å². The first-order valence-electron chi connectivity index (χ1n) is 6.91. The van der Waals surface area contributed by atoms with Crippen LogP contribution in [0.4, 0.5) is 0 Å². The van der Waals surface area contributed by atoms with Crippen molar-refractivity contribution >= 4 is 17.6 Å². The van der Waals surface area contributed by atoms with E-state index in [9.17, 15) is 14.4 Å². The van der Waals surface area contributed by atoms with Gasteiger partial charge in [0.1, 0.15) is 5.54 Å². The SMILES string of the molecule is CC[C@H](C(=O)C(=O)NC1CC1)C1(C(N)=O)CCCN1. The molecule has 1 saturated carbocycles. The first kappa shape index (κ1) is 14.0. The van der Waals surface area contributed by atoms with Gasteiger partial charge in [0.25, 0.3) is 5.91 Å². The monoisotopic (exact) mass is 267 g/mol. The molecule has 1 aliphatic carbocycles. The minimum atomic E-state index is -1.05. The lowest BCUT2D eigenvalue weighted by Crippen LogP contribution is -2.60. The van der Waals surface area contributed by atoms with Crippen molar-refractivity contribution in [2.75, 3.05) is 6.54 Å². The van der Waals surface area contributed by atoms with Gasteiger partial charge in [-0.3, -0.25) is 14.4 Å². The van der Waals surface area contributed by atoms with Crippen molar-refractivity contribution in [1.82, 2.24) is 10.6 Å². The molecule has 0 aromatic carbocycles. The van der Waals surface area contributed by atoms with Gasteiger partial charge >= 0.3 is 0 Å². The summed E-state index contributed by atoms with van der Waals surface area (Å²) in [6.45, 7) is 2.45. The van der Waals surface area contributed by atoms with Crippen molar-refractivity contribution in [2.45, 2.75) is 50.6 Å². The number of hydrogen-bond acceptors (Lipinski definition) is 4. The Kier molecular flexibility index (Phi) is 3.89. The molecule has 2 rings (SSSR count). The maximum absolute atomic E-state index is 12.3. The zero-order valence-electron chi connectivity index (χ0n) is 11.2. The van der Waals surface area contributed by atoms with Gasteiger partial charge in [0.05, 0.1) is 5.92 Å². The molecular formula is C13H21N3O3. The normalized spacial score (nSPS) is 27.8. The second-order valence-electron chi connectivity index (χ2n) is 5.44. The fraction of sp³-hybridized carbons (Fsp3) is 0.769. The molecule has 2 atom stereocenters. The summed E-state index contributed by atoms with van der Waals surface area (Å²) in [5.74, 6) is -2.32. The number of amides is 2. The van der Waals surface area contributed by atoms with Gasteiger partial charge < -0.3 is 16.4 Å². The van der Waals surface area contributed by atoms with E-state index < -0.39 is 29.1 Å². The van der Waals surface area contributed by atoms with E-state index in [1.54, 1.807) is 6.92 Å². The van der Waals surface area contributed by atoms with Crippen molar-refractivity contribution < 1.29 is 14.4 Å². The average molecular weight is 267 g/mol. The Morgan fingerprint density at radius 2 is 2.11 bits per heavy atom. The summed E-state index contributed by atoms with van der Waals surface area (Å²) in [5, 5.41) is 5.73. The molecule has 1 aliphatic heterocycles. The van der Waals surface area contributed by atoms with Gasteiger partial charge in [-0.1, -0.05) is 6.92 Å². The molecule has 2 fully saturated rings. The Labute approximate surface area is 112 Å². The van der Waals surface area contributed by atoms with Gasteiger partial charge in [0.2, 0.25) is 11.7 Å². The maximum atomic E-state index is 12.3. The van der Waals surface area contributed by atoms with Crippen LogP contribution >= 0.6 is 0 Å². The Bertz CT molecular complexity index is 398. The van der Waals surface area contributed by atoms with Crippen LogP contribution in [0.25, 0.3) is 0 Å². The van der Waals surface area contributed by atoms with E-state index in [2.05, 4.69) is 10.6 Å². The molecule has 6 nitrogen and oxygen atoms in total. The summed E-state index contributed by atoms with van der Waals surface area (Å²) < 4.78 is 0. The van der Waals surface area contributed by atoms with E-state index in [4.69, 9.17) is 5.73 Å². The molecule has 0 radical (unpaired) electrons. The van der Waals surface area contributed by atoms with Gasteiger partial charge in [-0.15, -0.1) is 0 Å². The van der Waals surface area contributed by atoms with Crippen molar-refractivity contribution in [2.24, 2.45) is 11.7 Å². The van der Waals surface area contributed by atoms with Gasteiger partial charge in [0, 0.05) is 6.04 Å². The maximum Gasteiger partial charge on any atom is 0.287 e. The molecule has 1 saturated heterocycles. The van der Waals surface area contributed by atoms with Crippen LogP contribution < -0.4 is 16.4 Å². The van der Waals surface area contributed by atoms with Gasteiger partial charge in [-0.2, -0.15) is 0 Å². The average Bonchev–Trinajstić information content (AvgIpc) is 3.04. The quantitative estimate of drug-likeness (QED) is 0.563. The number of carbonyl (C=O) groups excluding carboxylic acids is 3. The van der Waals surface area contributed by atoms with Crippen LogP contribution in [-0.4, -0.2) is 35.7 Å². The summed E-state index contributed by atoms with van der Waals surface area (Å²) in [6.07, 6.45) is 3.58. The number of Topliss-reactive ketones (excluding diaryl/α,β-unsaturated/α-hetero) is 1. The number of nitrogens with two attached hydrogens (primary N) is 1. The first-order valence-corrected chi connectivity index (χ1v) is 6.91. The van der Waals surface area contributed by atoms with Crippen molar-refractivity contribution in [1.29, 1.82) is 0 Å². The lowest BCUT2D eigenvalue weighted by Gasteiger charge is -2.33. The zero-order valence-corrected chi connectivity index (χ0v) is 11.2. The second kappa shape index (κ2) is 5.28. The summed E-state index contributed by atoms with van der Waals surface area (Å²) >= 11 is 0. The number of carbonyl (C=O) groups is 3. The van der Waals surface area contributed by atoms with E-state index in [-0.39, 0.29) is 6.04 Å². The minimum absolute atomic E-state index is 0.134. The van der Waals surface area contributed by atoms with E-state index in [1.165, 1.54) is 0 Å².